The molecule has 0 amide bonds. The van der Waals surface area contributed by atoms with Crippen molar-refractivity contribution in [2.24, 2.45) is 0 Å². The molecule has 1 heterocycles. The molecular weight excluding hydrogens is 228 g/mol. The van der Waals surface area contributed by atoms with Crippen LogP contribution in [0.25, 0.3) is 0 Å². The molecular formula is C7H14O7S. The maximum atomic E-state index is 10.9. The smallest absolute Gasteiger partial charge is 0.264 e. The fourth-order valence-corrected chi connectivity index (χ4v) is 1.96. The molecule has 7 nitrogen and oxygen atoms in total. The number of aliphatic hydroxyl groups is 2. The van der Waals surface area contributed by atoms with Crippen LogP contribution in [0.4, 0.5) is 0 Å². The zero-order valence-corrected chi connectivity index (χ0v) is 9.18. The molecule has 4 atom stereocenters. The summed E-state index contributed by atoms with van der Waals surface area (Å²) >= 11 is 0. The van der Waals surface area contributed by atoms with Crippen molar-refractivity contribution in [2.75, 3.05) is 20.0 Å². The molecule has 0 aliphatic carbocycles. The first-order valence-electron chi connectivity index (χ1n) is 4.24. The third-order valence-corrected chi connectivity index (χ3v) is 2.56. The highest BCUT2D eigenvalue weighted by Crippen LogP contribution is 2.25. The average molecular weight is 242 g/mol. The van der Waals surface area contributed by atoms with E-state index in [4.69, 9.17) is 14.6 Å². The predicted octanol–water partition coefficient (Wildman–Crippen LogP) is -1.94. The highest BCUT2D eigenvalue weighted by Gasteiger charge is 2.46. The van der Waals surface area contributed by atoms with Crippen molar-refractivity contribution in [2.45, 2.75) is 24.6 Å². The van der Waals surface area contributed by atoms with Crippen molar-refractivity contribution >= 4 is 10.1 Å². The lowest BCUT2D eigenvalue weighted by molar-refractivity contribution is -0.147. The molecule has 0 unspecified atom stereocenters. The molecule has 1 fully saturated rings. The molecule has 90 valence electrons. The normalized spacial score (nSPS) is 37.1. The Balaban J connectivity index is 2.76. The van der Waals surface area contributed by atoms with E-state index in [1.165, 1.54) is 7.11 Å². The lowest BCUT2D eigenvalue weighted by Crippen LogP contribution is -2.38. The zero-order chi connectivity index (χ0) is 11.6. The number of rotatable bonds is 4. The molecule has 0 aromatic rings. The molecule has 0 saturated carbocycles. The molecule has 1 aliphatic rings. The molecule has 1 saturated heterocycles. The minimum atomic E-state index is -3.72. The molecule has 0 aromatic heterocycles. The Hall–Kier alpha value is -0.250. The van der Waals surface area contributed by atoms with Crippen LogP contribution in [0.5, 0.6) is 0 Å². The van der Waals surface area contributed by atoms with E-state index in [9.17, 15) is 13.5 Å². The van der Waals surface area contributed by atoms with Gasteiger partial charge in [0.25, 0.3) is 10.1 Å². The second-order valence-electron chi connectivity index (χ2n) is 3.22. The highest BCUT2D eigenvalue weighted by atomic mass is 32.2. The van der Waals surface area contributed by atoms with Crippen molar-refractivity contribution in [1.29, 1.82) is 0 Å². The Morgan fingerprint density at radius 2 is 2.07 bits per heavy atom. The van der Waals surface area contributed by atoms with Gasteiger partial charge < -0.3 is 19.7 Å². The number of hydrogen-bond acceptors (Lipinski definition) is 7. The fourth-order valence-electron chi connectivity index (χ4n) is 1.35. The van der Waals surface area contributed by atoms with Crippen molar-refractivity contribution in [3.05, 3.63) is 0 Å². The summed E-state index contributed by atoms with van der Waals surface area (Å²) in [6.45, 7) is -0.440. The molecule has 0 bridgehead atoms. The molecule has 0 aromatic carbocycles. The average Bonchev–Trinajstić information content (AvgIpc) is 2.42. The Morgan fingerprint density at radius 1 is 1.47 bits per heavy atom. The van der Waals surface area contributed by atoms with Crippen LogP contribution >= 0.6 is 0 Å². The Bertz CT molecular complexity index is 298. The quantitative estimate of drug-likeness (QED) is 0.553. The first-order chi connectivity index (χ1) is 6.89. The Labute approximate surface area is 87.7 Å². The third kappa shape index (κ3) is 3.10. The lowest BCUT2D eigenvalue weighted by Gasteiger charge is -2.17. The zero-order valence-electron chi connectivity index (χ0n) is 8.36. The molecule has 1 aliphatic heterocycles. The van der Waals surface area contributed by atoms with Crippen LogP contribution in [0.2, 0.25) is 0 Å². The van der Waals surface area contributed by atoms with E-state index < -0.39 is 41.3 Å². The van der Waals surface area contributed by atoms with Gasteiger partial charge in [0.05, 0.1) is 12.9 Å². The first kappa shape index (κ1) is 12.8. The van der Waals surface area contributed by atoms with E-state index in [-0.39, 0.29) is 0 Å². The van der Waals surface area contributed by atoms with Crippen LogP contribution in [-0.2, 0) is 23.8 Å². The number of ether oxygens (including phenoxy) is 2. The summed E-state index contributed by atoms with van der Waals surface area (Å²) in [6.07, 6.45) is -3.44. The van der Waals surface area contributed by atoms with Crippen LogP contribution in [0, 0.1) is 0 Å². The SMILES string of the molecule is CO[C@@H]1O[C@@H](CO)[C@@H](O)[C@H]1OS(C)(=O)=O. The summed E-state index contributed by atoms with van der Waals surface area (Å²) in [5.74, 6) is 0. The van der Waals surface area contributed by atoms with E-state index in [0.29, 0.717) is 0 Å². The van der Waals surface area contributed by atoms with Gasteiger partial charge in [0.15, 0.2) is 12.4 Å². The van der Waals surface area contributed by atoms with Gasteiger partial charge in [-0.05, 0) is 0 Å². The van der Waals surface area contributed by atoms with Gasteiger partial charge in [-0.3, -0.25) is 4.18 Å². The van der Waals surface area contributed by atoms with Crippen molar-refractivity contribution in [1.82, 2.24) is 0 Å². The summed E-state index contributed by atoms with van der Waals surface area (Å²) in [5, 5.41) is 18.4. The third-order valence-electron chi connectivity index (χ3n) is 1.99. The van der Waals surface area contributed by atoms with Crippen molar-refractivity contribution < 1.29 is 32.3 Å². The number of hydrogen-bond donors (Lipinski definition) is 2. The van der Waals surface area contributed by atoms with E-state index in [0.717, 1.165) is 6.26 Å². The highest BCUT2D eigenvalue weighted by molar-refractivity contribution is 7.86. The van der Waals surface area contributed by atoms with Gasteiger partial charge >= 0.3 is 0 Å². The van der Waals surface area contributed by atoms with Gasteiger partial charge in [0.1, 0.15) is 12.2 Å². The number of aliphatic hydroxyl groups excluding tert-OH is 2. The minimum absolute atomic E-state index is 0.440. The summed E-state index contributed by atoms with van der Waals surface area (Å²) in [5.41, 5.74) is 0. The van der Waals surface area contributed by atoms with Gasteiger partial charge in [-0.2, -0.15) is 8.42 Å². The van der Waals surface area contributed by atoms with Crippen LogP contribution < -0.4 is 0 Å². The lowest BCUT2D eigenvalue weighted by atomic mass is 10.1. The van der Waals surface area contributed by atoms with Crippen LogP contribution in [0.15, 0.2) is 0 Å². The van der Waals surface area contributed by atoms with Gasteiger partial charge in [-0.25, -0.2) is 0 Å². The van der Waals surface area contributed by atoms with E-state index in [2.05, 4.69) is 4.18 Å². The molecule has 8 heteroatoms. The summed E-state index contributed by atoms with van der Waals surface area (Å²) in [6, 6.07) is 0. The summed E-state index contributed by atoms with van der Waals surface area (Å²) in [4.78, 5) is 0. The Kier molecular flexibility index (Phi) is 4.04. The maximum absolute atomic E-state index is 10.9. The molecule has 0 spiro atoms. The van der Waals surface area contributed by atoms with E-state index in [1.54, 1.807) is 0 Å². The Morgan fingerprint density at radius 3 is 2.47 bits per heavy atom. The van der Waals surface area contributed by atoms with Crippen LogP contribution in [0.1, 0.15) is 0 Å². The number of methoxy groups -OCH3 is 1. The first-order valence-corrected chi connectivity index (χ1v) is 6.06. The largest absolute Gasteiger partial charge is 0.394 e. The molecule has 2 N–H and O–H groups in total. The standard InChI is InChI=1S/C7H14O7S/c1-12-7-6(14-15(2,10)11)5(9)4(3-8)13-7/h4-9H,3H2,1-2H3/t4-,5+,6+,7+/m0/s1. The van der Waals surface area contributed by atoms with Crippen LogP contribution in [0.3, 0.4) is 0 Å². The van der Waals surface area contributed by atoms with Gasteiger partial charge in [0.2, 0.25) is 0 Å². The molecule has 15 heavy (non-hydrogen) atoms. The molecule has 0 radical (unpaired) electrons. The monoisotopic (exact) mass is 242 g/mol. The molecule has 1 rings (SSSR count). The minimum Gasteiger partial charge on any atom is -0.394 e. The fraction of sp³-hybridized carbons (Fsp3) is 1.00. The van der Waals surface area contributed by atoms with E-state index in [1.807, 2.05) is 0 Å². The van der Waals surface area contributed by atoms with Gasteiger partial charge in [-0.15, -0.1) is 0 Å². The topological polar surface area (TPSA) is 102 Å². The van der Waals surface area contributed by atoms with Gasteiger partial charge in [0, 0.05) is 7.11 Å². The second-order valence-corrected chi connectivity index (χ2v) is 4.82. The second kappa shape index (κ2) is 4.73. The van der Waals surface area contributed by atoms with Gasteiger partial charge in [-0.1, -0.05) is 0 Å². The summed E-state index contributed by atoms with van der Waals surface area (Å²) < 4.78 is 36.2. The maximum Gasteiger partial charge on any atom is 0.264 e. The van der Waals surface area contributed by atoms with Crippen LogP contribution in [-0.4, -0.2) is 63.2 Å². The van der Waals surface area contributed by atoms with E-state index >= 15 is 0 Å². The summed E-state index contributed by atoms with van der Waals surface area (Å²) in [7, 11) is -2.43. The van der Waals surface area contributed by atoms with Crippen molar-refractivity contribution in [3.63, 3.8) is 0 Å². The predicted molar refractivity (Wildman–Crippen MR) is 48.5 cm³/mol. The van der Waals surface area contributed by atoms with Crippen molar-refractivity contribution in [3.8, 4) is 0 Å².